The third kappa shape index (κ3) is 7.23. The summed E-state index contributed by atoms with van der Waals surface area (Å²) in [4.78, 5) is 24.4. The number of rotatable bonds is 5. The molecule has 2 nitrogen and oxygen atoms in total. The van der Waals surface area contributed by atoms with Gasteiger partial charge in [0.05, 0.1) is 5.57 Å². The SMILES string of the molecule is CC1=C(\C=C/C(C)=C\C=C/C(C)=C\C=C2C(=O)CCCCCC2=O)C(C)(C)CCC1. The van der Waals surface area contributed by atoms with Gasteiger partial charge in [0.15, 0.2) is 11.6 Å². The first-order valence-electron chi connectivity index (χ1n) is 11.4. The summed E-state index contributed by atoms with van der Waals surface area (Å²) >= 11 is 0. The van der Waals surface area contributed by atoms with Gasteiger partial charge in [-0.3, -0.25) is 9.59 Å². The standard InChI is InChI=1S/C28H38O2/c1-21(16-18-24-26(29)14-7-6-8-15-27(24)30)11-9-12-22(2)17-19-25-23(3)13-10-20-28(25,4)5/h9,11-12,16-19H,6-8,10,13-15,20H2,1-5H3/b11-9-,19-17-,21-16-,22-12-. The van der Waals surface area contributed by atoms with Crippen LogP contribution < -0.4 is 0 Å². The quantitative estimate of drug-likeness (QED) is 0.268. The van der Waals surface area contributed by atoms with Crippen LogP contribution in [0.5, 0.6) is 0 Å². The zero-order chi connectivity index (χ0) is 22.1. The van der Waals surface area contributed by atoms with Crippen LogP contribution in [0.2, 0.25) is 0 Å². The Balaban J connectivity index is 2.04. The minimum Gasteiger partial charge on any atom is -0.294 e. The molecule has 0 aliphatic heterocycles. The van der Waals surface area contributed by atoms with Crippen molar-refractivity contribution in [1.29, 1.82) is 0 Å². The molecule has 2 aliphatic carbocycles. The molecular weight excluding hydrogens is 368 g/mol. The van der Waals surface area contributed by atoms with Crippen molar-refractivity contribution >= 4 is 11.6 Å². The highest BCUT2D eigenvalue weighted by Gasteiger charge is 2.26. The van der Waals surface area contributed by atoms with Crippen molar-refractivity contribution in [2.75, 3.05) is 0 Å². The molecule has 0 aromatic rings. The number of allylic oxidation sites excluding steroid dienone is 12. The lowest BCUT2D eigenvalue weighted by atomic mass is 9.72. The topological polar surface area (TPSA) is 34.1 Å². The zero-order valence-corrected chi connectivity index (χ0v) is 19.5. The Kier molecular flexibility index (Phi) is 9.02. The lowest BCUT2D eigenvalue weighted by molar-refractivity contribution is -0.122. The summed E-state index contributed by atoms with van der Waals surface area (Å²) in [5.74, 6) is -0.0207. The first-order valence-corrected chi connectivity index (χ1v) is 11.4. The fraction of sp³-hybridized carbons (Fsp3) is 0.500. The van der Waals surface area contributed by atoms with E-state index in [1.54, 1.807) is 6.08 Å². The van der Waals surface area contributed by atoms with Crippen molar-refractivity contribution in [3.05, 3.63) is 70.4 Å². The summed E-state index contributed by atoms with van der Waals surface area (Å²) in [5, 5.41) is 0. The molecule has 0 aromatic heterocycles. The molecule has 0 amide bonds. The van der Waals surface area contributed by atoms with Gasteiger partial charge in [0.2, 0.25) is 0 Å². The monoisotopic (exact) mass is 406 g/mol. The number of hydrogen-bond donors (Lipinski definition) is 0. The molecule has 0 heterocycles. The Bertz CT molecular complexity index is 818. The van der Waals surface area contributed by atoms with E-state index in [1.165, 1.54) is 36.0 Å². The molecule has 0 saturated heterocycles. The summed E-state index contributed by atoms with van der Waals surface area (Å²) in [7, 11) is 0. The van der Waals surface area contributed by atoms with Crippen LogP contribution in [0.1, 0.15) is 86.0 Å². The second-order valence-electron chi connectivity index (χ2n) is 9.43. The van der Waals surface area contributed by atoms with Gasteiger partial charge < -0.3 is 0 Å². The summed E-state index contributed by atoms with van der Waals surface area (Å²) in [6.45, 7) is 11.0. The highest BCUT2D eigenvalue weighted by molar-refractivity contribution is 6.20. The van der Waals surface area contributed by atoms with E-state index in [4.69, 9.17) is 0 Å². The molecule has 0 bridgehead atoms. The smallest absolute Gasteiger partial charge is 0.166 e. The van der Waals surface area contributed by atoms with Crippen LogP contribution in [0.3, 0.4) is 0 Å². The molecule has 0 aromatic carbocycles. The van der Waals surface area contributed by atoms with Gasteiger partial charge in [-0.1, -0.05) is 73.4 Å². The van der Waals surface area contributed by atoms with E-state index in [2.05, 4.69) is 45.9 Å². The van der Waals surface area contributed by atoms with Crippen molar-refractivity contribution in [1.82, 2.24) is 0 Å². The Morgan fingerprint density at radius 2 is 1.47 bits per heavy atom. The van der Waals surface area contributed by atoms with Crippen molar-refractivity contribution in [2.45, 2.75) is 86.0 Å². The molecule has 162 valence electrons. The molecule has 0 spiro atoms. The molecule has 2 rings (SSSR count). The number of hydrogen-bond acceptors (Lipinski definition) is 2. The van der Waals surface area contributed by atoms with Crippen molar-refractivity contribution in [2.24, 2.45) is 5.41 Å². The highest BCUT2D eigenvalue weighted by atomic mass is 16.1. The van der Waals surface area contributed by atoms with Gasteiger partial charge in [-0.05, 0) is 69.9 Å². The lowest BCUT2D eigenvalue weighted by Crippen LogP contribution is -2.19. The van der Waals surface area contributed by atoms with E-state index in [0.717, 1.165) is 24.8 Å². The molecule has 0 N–H and O–H groups in total. The van der Waals surface area contributed by atoms with Crippen LogP contribution in [0, 0.1) is 5.41 Å². The predicted molar refractivity (Wildman–Crippen MR) is 127 cm³/mol. The van der Waals surface area contributed by atoms with Crippen molar-refractivity contribution in [3.63, 3.8) is 0 Å². The average molecular weight is 407 g/mol. The Morgan fingerprint density at radius 3 is 2.10 bits per heavy atom. The number of ketones is 2. The van der Waals surface area contributed by atoms with Crippen LogP contribution >= 0.6 is 0 Å². The maximum absolute atomic E-state index is 12.2. The summed E-state index contributed by atoms with van der Waals surface area (Å²) in [6.07, 6.45) is 21.7. The highest BCUT2D eigenvalue weighted by Crippen LogP contribution is 2.40. The van der Waals surface area contributed by atoms with E-state index in [1.807, 2.05) is 25.2 Å². The van der Waals surface area contributed by atoms with Crippen LogP contribution in [0.15, 0.2) is 70.4 Å². The van der Waals surface area contributed by atoms with Crippen LogP contribution in [-0.4, -0.2) is 11.6 Å². The summed E-state index contributed by atoms with van der Waals surface area (Å²) in [6, 6.07) is 0. The molecule has 0 radical (unpaired) electrons. The van der Waals surface area contributed by atoms with Crippen molar-refractivity contribution < 1.29 is 9.59 Å². The molecule has 2 aliphatic rings. The van der Waals surface area contributed by atoms with E-state index >= 15 is 0 Å². The minimum absolute atomic E-state index is 0.0103. The van der Waals surface area contributed by atoms with Crippen LogP contribution in [0.4, 0.5) is 0 Å². The largest absolute Gasteiger partial charge is 0.294 e. The third-order valence-corrected chi connectivity index (χ3v) is 6.19. The maximum Gasteiger partial charge on any atom is 0.166 e. The van der Waals surface area contributed by atoms with Gasteiger partial charge in [-0.15, -0.1) is 0 Å². The van der Waals surface area contributed by atoms with Crippen molar-refractivity contribution in [3.8, 4) is 0 Å². The fourth-order valence-electron chi connectivity index (χ4n) is 4.26. The second-order valence-corrected chi connectivity index (χ2v) is 9.43. The predicted octanol–water partition coefficient (Wildman–Crippen LogP) is 7.55. The molecule has 0 atom stereocenters. The first-order chi connectivity index (χ1) is 14.2. The van der Waals surface area contributed by atoms with Gasteiger partial charge in [0.25, 0.3) is 0 Å². The Labute approximate surface area is 183 Å². The molecule has 2 heteroatoms. The summed E-state index contributed by atoms with van der Waals surface area (Å²) < 4.78 is 0. The Hall–Kier alpha value is -2.22. The van der Waals surface area contributed by atoms with Gasteiger partial charge in [-0.25, -0.2) is 0 Å². The van der Waals surface area contributed by atoms with E-state index in [-0.39, 0.29) is 17.0 Å². The van der Waals surface area contributed by atoms with Gasteiger partial charge in [0.1, 0.15) is 0 Å². The van der Waals surface area contributed by atoms with Gasteiger partial charge in [-0.2, -0.15) is 0 Å². The maximum atomic E-state index is 12.2. The molecule has 0 unspecified atom stereocenters. The minimum atomic E-state index is -0.0103. The van der Waals surface area contributed by atoms with E-state index in [0.29, 0.717) is 18.4 Å². The van der Waals surface area contributed by atoms with Crippen LogP contribution in [-0.2, 0) is 9.59 Å². The number of carbonyl (C=O) groups excluding carboxylic acids is 2. The Morgan fingerprint density at radius 1 is 0.833 bits per heavy atom. The first kappa shape index (κ1) is 24.1. The number of carbonyl (C=O) groups is 2. The van der Waals surface area contributed by atoms with E-state index < -0.39 is 0 Å². The fourth-order valence-corrected chi connectivity index (χ4v) is 4.26. The van der Waals surface area contributed by atoms with Crippen LogP contribution in [0.25, 0.3) is 0 Å². The van der Waals surface area contributed by atoms with Gasteiger partial charge in [0, 0.05) is 12.8 Å². The molecule has 1 fully saturated rings. The van der Waals surface area contributed by atoms with Gasteiger partial charge >= 0.3 is 0 Å². The molecular formula is C28H38O2. The van der Waals surface area contributed by atoms with E-state index in [9.17, 15) is 9.59 Å². The molecule has 1 saturated carbocycles. The second kappa shape index (κ2) is 11.2. The zero-order valence-electron chi connectivity index (χ0n) is 19.5. The lowest BCUT2D eigenvalue weighted by Gasteiger charge is -2.32. The number of Topliss-reactive ketones (excluding diaryl/α,β-unsaturated/α-hetero) is 2. The normalized spacial score (nSPS) is 22.1. The third-order valence-electron chi connectivity index (χ3n) is 6.19. The average Bonchev–Trinajstić information content (AvgIpc) is 2.65. The summed E-state index contributed by atoms with van der Waals surface area (Å²) in [5.41, 5.74) is 5.83. The molecule has 30 heavy (non-hydrogen) atoms.